The van der Waals surface area contributed by atoms with Crippen molar-refractivity contribution in [3.8, 4) is 0 Å². The van der Waals surface area contributed by atoms with Crippen LogP contribution in [0.1, 0.15) is 26.2 Å². The molecule has 1 N–H and O–H groups in total. The molecule has 17 heavy (non-hydrogen) atoms. The molecule has 0 bridgehead atoms. The summed E-state index contributed by atoms with van der Waals surface area (Å²) in [6.07, 6.45) is 2.04. The van der Waals surface area contributed by atoms with Crippen LogP contribution in [0.15, 0.2) is 0 Å². The normalized spacial score (nSPS) is 23.9. The maximum absolute atomic E-state index is 11.5. The highest BCUT2D eigenvalue weighted by Crippen LogP contribution is 2.18. The monoisotopic (exact) mass is 283 g/mol. The highest BCUT2D eigenvalue weighted by molar-refractivity contribution is 7.92. The molecule has 1 aliphatic heterocycles. The molecule has 0 aromatic rings. The Morgan fingerprint density at radius 2 is 2.00 bits per heavy atom. The Morgan fingerprint density at radius 3 is 2.53 bits per heavy atom. The van der Waals surface area contributed by atoms with Gasteiger partial charge in [-0.25, -0.2) is 16.8 Å². The fourth-order valence-electron chi connectivity index (χ4n) is 1.99. The van der Waals surface area contributed by atoms with Crippen LogP contribution in [0, 0.1) is 0 Å². The van der Waals surface area contributed by atoms with Crippen LogP contribution in [0.5, 0.6) is 0 Å². The lowest BCUT2D eigenvalue weighted by Gasteiger charge is -2.10. The van der Waals surface area contributed by atoms with Crippen molar-refractivity contribution in [2.75, 3.05) is 30.3 Å². The Hall–Kier alpha value is -0.140. The van der Waals surface area contributed by atoms with Crippen LogP contribution < -0.4 is 5.32 Å². The fourth-order valence-corrected chi connectivity index (χ4v) is 5.07. The molecule has 7 heteroatoms. The van der Waals surface area contributed by atoms with Crippen molar-refractivity contribution in [3.63, 3.8) is 0 Å². The zero-order chi connectivity index (χ0) is 12.9. The van der Waals surface area contributed by atoms with Crippen LogP contribution in [0.4, 0.5) is 0 Å². The molecule has 1 unspecified atom stereocenters. The zero-order valence-electron chi connectivity index (χ0n) is 10.2. The number of sulfone groups is 2. The summed E-state index contributed by atoms with van der Waals surface area (Å²) in [7, 11) is -5.89. The third-order valence-corrected chi connectivity index (χ3v) is 7.07. The first-order valence-electron chi connectivity index (χ1n) is 6.00. The van der Waals surface area contributed by atoms with Crippen molar-refractivity contribution >= 4 is 19.7 Å². The van der Waals surface area contributed by atoms with Gasteiger partial charge in [0, 0.05) is 18.8 Å². The molecule has 1 saturated heterocycles. The molecule has 0 aliphatic carbocycles. The van der Waals surface area contributed by atoms with E-state index in [1.165, 1.54) is 0 Å². The van der Waals surface area contributed by atoms with Gasteiger partial charge in [0.25, 0.3) is 0 Å². The third kappa shape index (κ3) is 4.93. The first kappa shape index (κ1) is 14.9. The van der Waals surface area contributed by atoms with Crippen molar-refractivity contribution in [1.82, 2.24) is 5.32 Å². The Bertz CT molecular complexity index is 427. The smallest absolute Gasteiger partial charge is 0.154 e. The minimum atomic E-state index is -2.97. The second-order valence-electron chi connectivity index (χ2n) is 4.49. The van der Waals surface area contributed by atoms with Crippen molar-refractivity contribution in [2.45, 2.75) is 31.4 Å². The maximum atomic E-state index is 11.5. The van der Waals surface area contributed by atoms with E-state index in [0.29, 0.717) is 25.9 Å². The van der Waals surface area contributed by atoms with Crippen molar-refractivity contribution in [3.05, 3.63) is 0 Å². The second kappa shape index (κ2) is 6.15. The molecule has 1 rings (SSSR count). The molecule has 1 heterocycles. The van der Waals surface area contributed by atoms with E-state index in [1.807, 2.05) is 6.92 Å². The SMILES string of the molecule is CCCS(=O)(=O)CCNCC1CCCS1(=O)=O. The highest BCUT2D eigenvalue weighted by atomic mass is 32.2. The molecule has 1 fully saturated rings. The van der Waals surface area contributed by atoms with Crippen molar-refractivity contribution in [1.29, 1.82) is 0 Å². The lowest BCUT2D eigenvalue weighted by Crippen LogP contribution is -2.33. The molecule has 0 spiro atoms. The topological polar surface area (TPSA) is 80.3 Å². The Morgan fingerprint density at radius 1 is 1.29 bits per heavy atom. The Kier molecular flexibility index (Phi) is 5.40. The van der Waals surface area contributed by atoms with Crippen LogP contribution in [0.25, 0.3) is 0 Å². The molecule has 102 valence electrons. The van der Waals surface area contributed by atoms with Gasteiger partial charge >= 0.3 is 0 Å². The standard InChI is InChI=1S/C10H21NO4S2/c1-2-6-16(12,13)8-5-11-9-10-4-3-7-17(10,14)15/h10-11H,2-9H2,1H3. The minimum Gasteiger partial charge on any atom is -0.314 e. The molecule has 1 aliphatic rings. The molecule has 0 radical (unpaired) electrons. The second-order valence-corrected chi connectivity index (χ2v) is 9.19. The molecule has 0 saturated carbocycles. The summed E-state index contributed by atoms with van der Waals surface area (Å²) in [5.74, 6) is 0.567. The van der Waals surface area contributed by atoms with Crippen molar-refractivity contribution < 1.29 is 16.8 Å². The summed E-state index contributed by atoms with van der Waals surface area (Å²) < 4.78 is 45.8. The third-order valence-electron chi connectivity index (χ3n) is 2.94. The summed E-state index contributed by atoms with van der Waals surface area (Å²) in [6.45, 7) is 2.55. The van der Waals surface area contributed by atoms with Gasteiger partial charge in [0.2, 0.25) is 0 Å². The fraction of sp³-hybridized carbons (Fsp3) is 1.00. The maximum Gasteiger partial charge on any atom is 0.154 e. The van der Waals surface area contributed by atoms with E-state index in [0.717, 1.165) is 6.42 Å². The Labute approximate surface area is 104 Å². The predicted molar refractivity (Wildman–Crippen MR) is 68.6 cm³/mol. The van der Waals surface area contributed by atoms with Gasteiger partial charge in [-0.2, -0.15) is 0 Å². The molecular weight excluding hydrogens is 262 g/mol. The average molecular weight is 283 g/mol. The van der Waals surface area contributed by atoms with Gasteiger partial charge < -0.3 is 5.32 Å². The molecule has 0 aromatic heterocycles. The van der Waals surface area contributed by atoms with Crippen LogP contribution in [0.2, 0.25) is 0 Å². The number of nitrogens with one attached hydrogen (secondary N) is 1. The van der Waals surface area contributed by atoms with E-state index in [4.69, 9.17) is 0 Å². The first-order valence-corrected chi connectivity index (χ1v) is 9.54. The van der Waals surface area contributed by atoms with Crippen LogP contribution in [0.3, 0.4) is 0 Å². The lowest BCUT2D eigenvalue weighted by atomic mass is 10.2. The van der Waals surface area contributed by atoms with Gasteiger partial charge in [0.1, 0.15) is 0 Å². The average Bonchev–Trinajstić information content (AvgIpc) is 2.53. The molecule has 1 atom stereocenters. The molecule has 0 amide bonds. The minimum absolute atomic E-state index is 0.0909. The van der Waals surface area contributed by atoms with Gasteiger partial charge in [-0.1, -0.05) is 6.92 Å². The van der Waals surface area contributed by atoms with Gasteiger partial charge in [-0.05, 0) is 19.3 Å². The highest BCUT2D eigenvalue weighted by Gasteiger charge is 2.30. The summed E-state index contributed by atoms with van der Waals surface area (Å²) in [5, 5.41) is 2.62. The summed E-state index contributed by atoms with van der Waals surface area (Å²) in [5.41, 5.74) is 0. The number of hydrogen-bond acceptors (Lipinski definition) is 5. The summed E-state index contributed by atoms with van der Waals surface area (Å²) >= 11 is 0. The van der Waals surface area contributed by atoms with E-state index in [2.05, 4.69) is 5.32 Å². The van der Waals surface area contributed by atoms with E-state index in [-0.39, 0.29) is 22.5 Å². The van der Waals surface area contributed by atoms with Crippen LogP contribution >= 0.6 is 0 Å². The van der Waals surface area contributed by atoms with Crippen molar-refractivity contribution in [2.24, 2.45) is 0 Å². The van der Waals surface area contributed by atoms with E-state index >= 15 is 0 Å². The predicted octanol–water partition coefficient (Wildman–Crippen LogP) is -0.0220. The number of hydrogen-bond donors (Lipinski definition) is 1. The number of rotatable bonds is 7. The van der Waals surface area contributed by atoms with Gasteiger partial charge in [-0.3, -0.25) is 0 Å². The summed E-state index contributed by atoms with van der Waals surface area (Å²) in [4.78, 5) is 0. The molecule has 0 aromatic carbocycles. The summed E-state index contributed by atoms with van der Waals surface area (Å²) in [6, 6.07) is 0. The van der Waals surface area contributed by atoms with Gasteiger partial charge in [-0.15, -0.1) is 0 Å². The quantitative estimate of drug-likeness (QED) is 0.664. The molecular formula is C10H21NO4S2. The zero-order valence-corrected chi connectivity index (χ0v) is 11.8. The van der Waals surface area contributed by atoms with E-state index < -0.39 is 19.7 Å². The van der Waals surface area contributed by atoms with Gasteiger partial charge in [0.15, 0.2) is 19.7 Å². The van der Waals surface area contributed by atoms with E-state index in [1.54, 1.807) is 0 Å². The molecule has 5 nitrogen and oxygen atoms in total. The Balaban J connectivity index is 2.25. The van der Waals surface area contributed by atoms with Gasteiger partial charge in [0.05, 0.1) is 16.8 Å². The lowest BCUT2D eigenvalue weighted by molar-refractivity contribution is 0.574. The van der Waals surface area contributed by atoms with Crippen LogP contribution in [-0.2, 0) is 19.7 Å². The van der Waals surface area contributed by atoms with E-state index in [9.17, 15) is 16.8 Å². The largest absolute Gasteiger partial charge is 0.314 e. The first-order chi connectivity index (χ1) is 7.87. The van der Waals surface area contributed by atoms with Crippen LogP contribution in [-0.4, -0.2) is 52.4 Å².